The molecule has 1 amide bonds. The van der Waals surface area contributed by atoms with Crippen molar-refractivity contribution in [2.45, 2.75) is 19.1 Å². The standard InChI is InChI=1S/C11H10FNO3/c1-6(14)16-10-9(13-11(10)15)7-2-4-8(12)5-3-7/h2-5,9-10H,1H3,(H,13,15)/t9-,10+/m1/s1. The van der Waals surface area contributed by atoms with Gasteiger partial charge in [-0.1, -0.05) is 12.1 Å². The van der Waals surface area contributed by atoms with E-state index in [2.05, 4.69) is 5.32 Å². The number of carbonyl (C=O) groups excluding carboxylic acids is 2. The van der Waals surface area contributed by atoms with E-state index < -0.39 is 12.1 Å². The van der Waals surface area contributed by atoms with Crippen molar-refractivity contribution in [3.05, 3.63) is 35.6 Å². The van der Waals surface area contributed by atoms with Gasteiger partial charge >= 0.3 is 5.97 Å². The lowest BCUT2D eigenvalue weighted by atomic mass is 9.94. The molecule has 0 saturated carbocycles. The number of hydrogen-bond donors (Lipinski definition) is 1. The van der Waals surface area contributed by atoms with Crippen LogP contribution in [0.5, 0.6) is 0 Å². The lowest BCUT2D eigenvalue weighted by molar-refractivity contribution is -0.164. The molecule has 0 aromatic heterocycles. The molecule has 2 rings (SSSR count). The highest BCUT2D eigenvalue weighted by Crippen LogP contribution is 2.27. The average Bonchev–Trinajstić information content (AvgIpc) is 2.24. The second-order valence-corrected chi connectivity index (χ2v) is 3.57. The number of ether oxygens (including phenoxy) is 1. The van der Waals surface area contributed by atoms with Gasteiger partial charge in [-0.05, 0) is 17.7 Å². The first kappa shape index (κ1) is 10.6. The van der Waals surface area contributed by atoms with E-state index in [0.29, 0.717) is 5.56 Å². The summed E-state index contributed by atoms with van der Waals surface area (Å²) in [6.07, 6.45) is -0.803. The number of rotatable bonds is 2. The van der Waals surface area contributed by atoms with E-state index in [9.17, 15) is 14.0 Å². The van der Waals surface area contributed by atoms with Crippen molar-refractivity contribution in [1.82, 2.24) is 5.32 Å². The molecule has 0 aliphatic carbocycles. The molecule has 2 atom stereocenters. The Morgan fingerprint density at radius 1 is 1.38 bits per heavy atom. The molecular formula is C11H10FNO3. The molecule has 84 valence electrons. The van der Waals surface area contributed by atoms with Crippen LogP contribution >= 0.6 is 0 Å². The summed E-state index contributed by atoms with van der Waals surface area (Å²) in [5, 5.41) is 2.60. The fraction of sp³-hybridized carbons (Fsp3) is 0.273. The summed E-state index contributed by atoms with van der Waals surface area (Å²) in [6.45, 7) is 1.24. The number of esters is 1. The Hall–Kier alpha value is -1.91. The summed E-state index contributed by atoms with van der Waals surface area (Å²) in [6, 6.07) is 5.32. The normalized spacial score (nSPS) is 23.2. The summed E-state index contributed by atoms with van der Waals surface area (Å²) < 4.78 is 17.5. The van der Waals surface area contributed by atoms with Crippen LogP contribution in [0.15, 0.2) is 24.3 Å². The predicted molar refractivity (Wildman–Crippen MR) is 52.8 cm³/mol. The van der Waals surface area contributed by atoms with Gasteiger partial charge in [0.15, 0.2) is 0 Å². The Morgan fingerprint density at radius 2 is 2.00 bits per heavy atom. The molecule has 0 bridgehead atoms. The van der Waals surface area contributed by atoms with E-state index in [1.54, 1.807) is 12.1 Å². The first-order valence-electron chi connectivity index (χ1n) is 4.81. The minimum Gasteiger partial charge on any atom is -0.450 e. The average molecular weight is 223 g/mol. The van der Waals surface area contributed by atoms with Gasteiger partial charge in [-0.25, -0.2) is 4.39 Å². The molecule has 4 nitrogen and oxygen atoms in total. The molecule has 1 aromatic carbocycles. The van der Waals surface area contributed by atoms with Crippen molar-refractivity contribution in [2.75, 3.05) is 0 Å². The Bertz CT molecular complexity index is 429. The summed E-state index contributed by atoms with van der Waals surface area (Å²) in [7, 11) is 0. The fourth-order valence-electron chi connectivity index (χ4n) is 1.59. The zero-order valence-electron chi connectivity index (χ0n) is 8.57. The van der Waals surface area contributed by atoms with Gasteiger partial charge in [0.25, 0.3) is 5.91 Å². The number of nitrogens with one attached hydrogen (secondary N) is 1. The minimum absolute atomic E-state index is 0.329. The van der Waals surface area contributed by atoms with Gasteiger partial charge in [-0.2, -0.15) is 0 Å². The molecule has 1 saturated heterocycles. The molecule has 1 aromatic rings. The first-order chi connectivity index (χ1) is 7.58. The second-order valence-electron chi connectivity index (χ2n) is 3.57. The molecule has 1 fully saturated rings. The van der Waals surface area contributed by atoms with Gasteiger partial charge in [0, 0.05) is 6.92 Å². The number of carbonyl (C=O) groups is 2. The zero-order chi connectivity index (χ0) is 11.7. The predicted octanol–water partition coefficient (Wildman–Crippen LogP) is 0.928. The summed E-state index contributed by atoms with van der Waals surface area (Å²) in [5.74, 6) is -1.19. The van der Waals surface area contributed by atoms with Crippen molar-refractivity contribution in [3.63, 3.8) is 0 Å². The number of hydrogen-bond acceptors (Lipinski definition) is 3. The van der Waals surface area contributed by atoms with E-state index in [0.717, 1.165) is 0 Å². The summed E-state index contributed by atoms with van der Waals surface area (Å²) in [5.41, 5.74) is 0.715. The van der Waals surface area contributed by atoms with Crippen molar-refractivity contribution < 1.29 is 18.7 Å². The van der Waals surface area contributed by atoms with E-state index in [1.807, 2.05) is 0 Å². The van der Waals surface area contributed by atoms with Crippen LogP contribution in [0.4, 0.5) is 4.39 Å². The minimum atomic E-state index is -0.803. The molecule has 0 unspecified atom stereocenters. The van der Waals surface area contributed by atoms with Crippen LogP contribution in [0.2, 0.25) is 0 Å². The van der Waals surface area contributed by atoms with Crippen LogP contribution in [0.3, 0.4) is 0 Å². The third-order valence-corrected chi connectivity index (χ3v) is 2.38. The van der Waals surface area contributed by atoms with Crippen LogP contribution in [-0.4, -0.2) is 18.0 Å². The van der Waals surface area contributed by atoms with Gasteiger partial charge in [-0.15, -0.1) is 0 Å². The van der Waals surface area contributed by atoms with Crippen molar-refractivity contribution in [2.24, 2.45) is 0 Å². The van der Waals surface area contributed by atoms with Crippen molar-refractivity contribution in [1.29, 1.82) is 0 Å². The number of amides is 1. The Labute approximate surface area is 91.4 Å². The largest absolute Gasteiger partial charge is 0.450 e. The topological polar surface area (TPSA) is 55.4 Å². The van der Waals surface area contributed by atoms with Crippen LogP contribution in [0.1, 0.15) is 18.5 Å². The summed E-state index contributed by atoms with van der Waals surface area (Å²) in [4.78, 5) is 21.9. The van der Waals surface area contributed by atoms with E-state index in [1.165, 1.54) is 19.1 Å². The fourth-order valence-corrected chi connectivity index (χ4v) is 1.59. The van der Waals surface area contributed by atoms with Gasteiger partial charge in [0.05, 0.1) is 0 Å². The Balaban J connectivity index is 2.13. The quantitative estimate of drug-likeness (QED) is 0.599. The molecule has 0 spiro atoms. The Morgan fingerprint density at radius 3 is 2.50 bits per heavy atom. The van der Waals surface area contributed by atoms with Gasteiger partial charge < -0.3 is 10.1 Å². The molecule has 5 heteroatoms. The van der Waals surface area contributed by atoms with Crippen LogP contribution in [0.25, 0.3) is 0 Å². The number of β-lactam (4-membered cyclic amide) rings is 1. The molecule has 0 radical (unpaired) electrons. The second kappa shape index (κ2) is 3.92. The van der Waals surface area contributed by atoms with Gasteiger partial charge in [-0.3, -0.25) is 9.59 Å². The maximum Gasteiger partial charge on any atom is 0.303 e. The molecule has 1 heterocycles. The third-order valence-electron chi connectivity index (χ3n) is 2.38. The highest BCUT2D eigenvalue weighted by Gasteiger charge is 2.42. The van der Waals surface area contributed by atoms with E-state index in [4.69, 9.17) is 4.74 Å². The number of benzene rings is 1. The molecule has 1 aliphatic heterocycles. The van der Waals surface area contributed by atoms with E-state index in [-0.39, 0.29) is 17.8 Å². The van der Waals surface area contributed by atoms with Crippen LogP contribution in [0, 0.1) is 5.82 Å². The van der Waals surface area contributed by atoms with Gasteiger partial charge in [0.1, 0.15) is 11.9 Å². The van der Waals surface area contributed by atoms with E-state index >= 15 is 0 Å². The first-order valence-corrected chi connectivity index (χ1v) is 4.81. The van der Waals surface area contributed by atoms with Crippen molar-refractivity contribution in [3.8, 4) is 0 Å². The highest BCUT2D eigenvalue weighted by atomic mass is 19.1. The molecular weight excluding hydrogens is 213 g/mol. The highest BCUT2D eigenvalue weighted by molar-refractivity contribution is 5.90. The monoisotopic (exact) mass is 223 g/mol. The van der Waals surface area contributed by atoms with Gasteiger partial charge in [0.2, 0.25) is 6.10 Å². The van der Waals surface area contributed by atoms with Crippen LogP contribution in [-0.2, 0) is 14.3 Å². The summed E-state index contributed by atoms with van der Waals surface area (Å²) >= 11 is 0. The smallest absolute Gasteiger partial charge is 0.303 e. The van der Waals surface area contributed by atoms with Crippen molar-refractivity contribution >= 4 is 11.9 Å². The third kappa shape index (κ3) is 1.88. The molecule has 16 heavy (non-hydrogen) atoms. The maximum atomic E-state index is 12.7. The Kier molecular flexibility index (Phi) is 2.60. The van der Waals surface area contributed by atoms with Crippen LogP contribution < -0.4 is 5.32 Å². The SMILES string of the molecule is CC(=O)O[C@@H]1C(=O)N[C@@H]1c1ccc(F)cc1. The molecule has 1 aliphatic rings. The lowest BCUT2D eigenvalue weighted by Gasteiger charge is -2.35. The maximum absolute atomic E-state index is 12.7. The molecule has 1 N–H and O–H groups in total. The zero-order valence-corrected chi connectivity index (χ0v) is 8.57. The number of halogens is 1. The lowest BCUT2D eigenvalue weighted by Crippen LogP contribution is -2.57.